The molecule has 7 rings (SSSR count). The molecule has 2 fully saturated rings. The molecule has 0 unspecified atom stereocenters. The van der Waals surface area contributed by atoms with Crippen LogP contribution in [0.1, 0.15) is 44.6 Å². The number of rotatable bonds is 9. The number of ether oxygens (including phenoxy) is 2. The Hall–Kier alpha value is -4.60. The minimum Gasteiger partial charge on any atom is -0.474 e. The van der Waals surface area contributed by atoms with E-state index < -0.39 is 0 Å². The molecule has 0 aliphatic heterocycles. The molecule has 0 amide bonds. The van der Waals surface area contributed by atoms with Crippen molar-refractivity contribution in [3.63, 3.8) is 0 Å². The summed E-state index contributed by atoms with van der Waals surface area (Å²) < 4.78 is 14.0. The Labute approximate surface area is 225 Å². The van der Waals surface area contributed by atoms with Crippen LogP contribution in [0.3, 0.4) is 0 Å². The van der Waals surface area contributed by atoms with E-state index in [0.717, 1.165) is 53.7 Å². The van der Waals surface area contributed by atoms with E-state index in [9.17, 15) is 0 Å². The summed E-state index contributed by atoms with van der Waals surface area (Å²) in [5, 5.41) is 7.51. The fourth-order valence-corrected chi connectivity index (χ4v) is 4.36. The Bertz CT molecular complexity index is 1600. The van der Waals surface area contributed by atoms with Crippen molar-refractivity contribution in [2.75, 3.05) is 5.32 Å². The predicted molar refractivity (Wildman–Crippen MR) is 146 cm³/mol. The van der Waals surface area contributed by atoms with E-state index in [1.54, 1.807) is 17.2 Å². The molecule has 4 heterocycles. The highest BCUT2D eigenvalue weighted by Gasteiger charge is 2.41. The Morgan fingerprint density at radius 3 is 2.56 bits per heavy atom. The fourth-order valence-electron chi connectivity index (χ4n) is 4.36. The summed E-state index contributed by atoms with van der Waals surface area (Å²) in [6.45, 7) is 2.66. The van der Waals surface area contributed by atoms with Gasteiger partial charge in [-0.15, -0.1) is 0 Å². The monoisotopic (exact) mass is 520 g/mol. The Kier molecular flexibility index (Phi) is 5.79. The maximum Gasteiger partial charge on any atom is 0.246 e. The molecule has 196 valence electrons. The highest BCUT2D eigenvalue weighted by molar-refractivity contribution is 5.83. The molecule has 10 heteroatoms. The normalized spacial score (nSPS) is 16.0. The van der Waals surface area contributed by atoms with Crippen molar-refractivity contribution in [1.82, 2.24) is 34.7 Å². The predicted octanol–water partition coefficient (Wildman–Crippen LogP) is 5.14. The largest absolute Gasteiger partial charge is 0.474 e. The van der Waals surface area contributed by atoms with Gasteiger partial charge < -0.3 is 14.8 Å². The standard InChI is InChI=1S/C29H28N8O2/c1-29(13-14-29)39-27-26-24(11-10-23(34-26)20-7-12-25(31-16-20)38-22-3-2-4-22)35-28(36-27)32-15-19-5-8-21(9-6-19)37-18-30-17-33-37/h5-12,16-18,22H,2-4,13-15H2,1H3,(H,32,35,36). The van der Waals surface area contributed by atoms with Crippen molar-refractivity contribution in [2.45, 2.75) is 57.3 Å². The van der Waals surface area contributed by atoms with Gasteiger partial charge in [0, 0.05) is 24.4 Å². The second-order valence-electron chi connectivity index (χ2n) is 10.4. The van der Waals surface area contributed by atoms with Crippen molar-refractivity contribution in [2.24, 2.45) is 0 Å². The third-order valence-corrected chi connectivity index (χ3v) is 7.25. The SMILES string of the molecule is CC1(Oc2nc(NCc3ccc(-n4cncn4)cc3)nc3ccc(-c4ccc(OC5CCC5)nc4)nc23)CC1. The lowest BCUT2D eigenvalue weighted by Crippen LogP contribution is -2.24. The molecule has 2 aliphatic rings. The summed E-state index contributed by atoms with van der Waals surface area (Å²) in [5.74, 6) is 1.64. The van der Waals surface area contributed by atoms with E-state index >= 15 is 0 Å². The second-order valence-corrected chi connectivity index (χ2v) is 10.4. The maximum absolute atomic E-state index is 6.34. The minimum absolute atomic E-state index is 0.213. The van der Waals surface area contributed by atoms with Gasteiger partial charge in [-0.3, -0.25) is 0 Å². The number of fused-ring (bicyclic) bond motifs is 1. The molecule has 1 aromatic carbocycles. The van der Waals surface area contributed by atoms with E-state index in [4.69, 9.17) is 24.4 Å². The molecule has 2 saturated carbocycles. The smallest absolute Gasteiger partial charge is 0.246 e. The Morgan fingerprint density at radius 2 is 1.87 bits per heavy atom. The molecular formula is C29H28N8O2. The van der Waals surface area contributed by atoms with Crippen LogP contribution in [-0.2, 0) is 6.54 Å². The number of benzene rings is 1. The first-order chi connectivity index (χ1) is 19.1. The molecule has 1 N–H and O–H groups in total. The summed E-state index contributed by atoms with van der Waals surface area (Å²) in [7, 11) is 0. The summed E-state index contributed by atoms with van der Waals surface area (Å²) in [6, 6.07) is 15.9. The minimum atomic E-state index is -0.213. The fraction of sp³-hybridized carbons (Fsp3) is 0.310. The molecule has 10 nitrogen and oxygen atoms in total. The van der Waals surface area contributed by atoms with Gasteiger partial charge in [-0.05, 0) is 74.9 Å². The van der Waals surface area contributed by atoms with E-state index in [2.05, 4.69) is 27.3 Å². The average Bonchev–Trinajstić information content (AvgIpc) is 3.41. The average molecular weight is 521 g/mol. The molecule has 39 heavy (non-hydrogen) atoms. The lowest BCUT2D eigenvalue weighted by atomic mass is 9.96. The van der Waals surface area contributed by atoms with Crippen molar-refractivity contribution in [1.29, 1.82) is 0 Å². The Balaban J connectivity index is 1.13. The van der Waals surface area contributed by atoms with Crippen LogP contribution in [0.25, 0.3) is 28.0 Å². The van der Waals surface area contributed by atoms with Gasteiger partial charge in [-0.25, -0.2) is 24.6 Å². The third kappa shape index (κ3) is 5.09. The van der Waals surface area contributed by atoms with Gasteiger partial charge in [-0.2, -0.15) is 10.1 Å². The van der Waals surface area contributed by atoms with Crippen LogP contribution < -0.4 is 14.8 Å². The van der Waals surface area contributed by atoms with Crippen molar-refractivity contribution < 1.29 is 9.47 Å². The van der Waals surface area contributed by atoms with Gasteiger partial charge in [0.15, 0.2) is 5.52 Å². The lowest BCUT2D eigenvalue weighted by Gasteiger charge is -2.25. The third-order valence-electron chi connectivity index (χ3n) is 7.25. The van der Waals surface area contributed by atoms with Crippen LogP contribution in [0.2, 0.25) is 0 Å². The van der Waals surface area contributed by atoms with Crippen LogP contribution in [0.4, 0.5) is 5.95 Å². The number of pyridine rings is 2. The number of hydrogen-bond acceptors (Lipinski definition) is 9. The molecule has 2 aliphatic carbocycles. The van der Waals surface area contributed by atoms with Crippen molar-refractivity contribution >= 4 is 17.0 Å². The molecular weight excluding hydrogens is 492 g/mol. The number of aromatic nitrogens is 7. The first-order valence-corrected chi connectivity index (χ1v) is 13.3. The molecule has 0 spiro atoms. The second kappa shape index (κ2) is 9.61. The quantitative estimate of drug-likeness (QED) is 0.282. The molecule has 0 saturated heterocycles. The molecule has 0 atom stereocenters. The van der Waals surface area contributed by atoms with E-state index in [1.807, 2.05) is 48.5 Å². The van der Waals surface area contributed by atoms with Crippen LogP contribution in [0.15, 0.2) is 67.4 Å². The lowest BCUT2D eigenvalue weighted by molar-refractivity contribution is 0.114. The molecule has 5 aromatic rings. The molecule has 0 radical (unpaired) electrons. The van der Waals surface area contributed by atoms with Gasteiger partial charge in [-0.1, -0.05) is 12.1 Å². The maximum atomic E-state index is 6.34. The summed E-state index contributed by atoms with van der Waals surface area (Å²) in [6.07, 6.45) is 10.7. The summed E-state index contributed by atoms with van der Waals surface area (Å²) >= 11 is 0. The summed E-state index contributed by atoms with van der Waals surface area (Å²) in [5.41, 5.74) is 4.86. The highest BCUT2D eigenvalue weighted by Crippen LogP contribution is 2.41. The number of hydrogen-bond donors (Lipinski definition) is 1. The highest BCUT2D eigenvalue weighted by atomic mass is 16.5. The van der Waals surface area contributed by atoms with Gasteiger partial charge in [0.1, 0.15) is 24.4 Å². The van der Waals surface area contributed by atoms with Gasteiger partial charge >= 0.3 is 0 Å². The summed E-state index contributed by atoms with van der Waals surface area (Å²) in [4.78, 5) is 22.9. The van der Waals surface area contributed by atoms with Crippen LogP contribution >= 0.6 is 0 Å². The first-order valence-electron chi connectivity index (χ1n) is 13.3. The van der Waals surface area contributed by atoms with Crippen LogP contribution in [-0.4, -0.2) is 46.4 Å². The van der Waals surface area contributed by atoms with Gasteiger partial charge in [0.25, 0.3) is 0 Å². The first kappa shape index (κ1) is 23.5. The van der Waals surface area contributed by atoms with Gasteiger partial charge in [0.2, 0.25) is 17.7 Å². The zero-order valence-electron chi connectivity index (χ0n) is 21.6. The Morgan fingerprint density at radius 1 is 1.00 bits per heavy atom. The number of anilines is 1. The van der Waals surface area contributed by atoms with Crippen LogP contribution in [0, 0.1) is 0 Å². The topological polar surface area (TPSA) is 113 Å². The zero-order valence-corrected chi connectivity index (χ0v) is 21.6. The molecule has 4 aromatic heterocycles. The van der Waals surface area contributed by atoms with E-state index in [1.165, 1.54) is 12.7 Å². The van der Waals surface area contributed by atoms with Gasteiger partial charge in [0.05, 0.1) is 16.9 Å². The molecule has 0 bridgehead atoms. The van der Waals surface area contributed by atoms with Crippen LogP contribution in [0.5, 0.6) is 11.8 Å². The number of nitrogens with one attached hydrogen (secondary N) is 1. The number of nitrogens with zero attached hydrogens (tertiary/aromatic N) is 7. The van der Waals surface area contributed by atoms with E-state index in [-0.39, 0.29) is 5.60 Å². The van der Waals surface area contributed by atoms with Crippen molar-refractivity contribution in [3.05, 3.63) is 72.9 Å². The zero-order chi connectivity index (χ0) is 26.2. The van der Waals surface area contributed by atoms with Crippen molar-refractivity contribution in [3.8, 4) is 28.7 Å². The van der Waals surface area contributed by atoms with E-state index in [0.29, 0.717) is 35.9 Å².